The molecule has 0 aliphatic rings. The van der Waals surface area contributed by atoms with Gasteiger partial charge in [-0.15, -0.1) is 0 Å². The molecular formula is C13H14N2O3S. The molecule has 1 amide bonds. The van der Waals surface area contributed by atoms with Gasteiger partial charge in [0.05, 0.1) is 6.61 Å². The van der Waals surface area contributed by atoms with Gasteiger partial charge in [0.2, 0.25) is 0 Å². The van der Waals surface area contributed by atoms with Crippen molar-refractivity contribution < 1.29 is 13.9 Å². The highest BCUT2D eigenvalue weighted by Crippen LogP contribution is 2.22. The Balaban J connectivity index is 2.04. The number of hydrogen-bond donors (Lipinski definition) is 2. The van der Waals surface area contributed by atoms with Gasteiger partial charge in [-0.05, 0) is 50.3 Å². The fourth-order valence-corrected chi connectivity index (χ4v) is 1.88. The van der Waals surface area contributed by atoms with E-state index in [0.717, 1.165) is 22.4 Å². The molecule has 2 aromatic rings. The Hall–Kier alpha value is -2.08. The first-order valence-electron chi connectivity index (χ1n) is 5.83. The number of carbonyl (C=O) groups excluding carboxylic acids is 1. The molecule has 0 unspecified atom stereocenters. The van der Waals surface area contributed by atoms with Crippen molar-refractivity contribution in [3.05, 3.63) is 30.0 Å². The van der Waals surface area contributed by atoms with Crippen LogP contribution in [0, 0.1) is 6.92 Å². The van der Waals surface area contributed by atoms with E-state index in [9.17, 15) is 4.79 Å². The average molecular weight is 278 g/mol. The highest BCUT2D eigenvalue weighted by atomic mass is 32.1. The highest BCUT2D eigenvalue weighted by Gasteiger charge is 2.06. The molecule has 19 heavy (non-hydrogen) atoms. The number of rotatable bonds is 2. The maximum atomic E-state index is 11.2. The van der Waals surface area contributed by atoms with Crippen LogP contribution in [0.1, 0.15) is 12.7 Å². The quantitative estimate of drug-likeness (QED) is 0.826. The van der Waals surface area contributed by atoms with Gasteiger partial charge in [0.25, 0.3) is 0 Å². The summed E-state index contributed by atoms with van der Waals surface area (Å²) in [6, 6.07) is 7.50. The number of alkyl carbamates (subject to hydrolysis) is 1. The van der Waals surface area contributed by atoms with Gasteiger partial charge in [0.15, 0.2) is 5.11 Å². The van der Waals surface area contributed by atoms with Crippen molar-refractivity contribution in [3.8, 4) is 0 Å². The lowest BCUT2D eigenvalue weighted by Gasteiger charge is -2.09. The van der Waals surface area contributed by atoms with Gasteiger partial charge in [-0.3, -0.25) is 5.32 Å². The molecular weight excluding hydrogens is 264 g/mol. The van der Waals surface area contributed by atoms with Gasteiger partial charge in [-0.2, -0.15) is 0 Å². The summed E-state index contributed by atoms with van der Waals surface area (Å²) in [6.45, 7) is 3.92. The van der Waals surface area contributed by atoms with Crippen LogP contribution in [0.15, 0.2) is 28.7 Å². The lowest BCUT2D eigenvalue weighted by molar-refractivity contribution is 0.158. The van der Waals surface area contributed by atoms with Crippen LogP contribution in [0.3, 0.4) is 0 Å². The fraction of sp³-hybridized carbons (Fsp3) is 0.231. The smallest absolute Gasteiger partial charge is 0.413 e. The van der Waals surface area contributed by atoms with Crippen molar-refractivity contribution >= 4 is 40.1 Å². The molecule has 100 valence electrons. The predicted molar refractivity (Wildman–Crippen MR) is 77.3 cm³/mol. The molecule has 1 aromatic heterocycles. The van der Waals surface area contributed by atoms with E-state index in [-0.39, 0.29) is 5.11 Å². The van der Waals surface area contributed by atoms with Gasteiger partial charge in [0.1, 0.15) is 11.3 Å². The molecule has 2 rings (SSSR count). The lowest BCUT2D eigenvalue weighted by Crippen LogP contribution is -2.34. The number of ether oxygens (including phenoxy) is 1. The number of anilines is 1. The zero-order valence-electron chi connectivity index (χ0n) is 10.6. The molecule has 5 nitrogen and oxygen atoms in total. The van der Waals surface area contributed by atoms with Crippen LogP contribution in [0.4, 0.5) is 10.5 Å². The number of fused-ring (bicyclic) bond motifs is 1. The van der Waals surface area contributed by atoms with Crippen LogP contribution in [-0.4, -0.2) is 17.8 Å². The van der Waals surface area contributed by atoms with E-state index in [1.807, 2.05) is 31.2 Å². The second kappa shape index (κ2) is 5.71. The summed E-state index contributed by atoms with van der Waals surface area (Å²) in [4.78, 5) is 11.2. The summed E-state index contributed by atoms with van der Waals surface area (Å²) in [5.74, 6) is 0.847. The Bertz CT molecular complexity index is 621. The number of carbonyl (C=O) groups is 1. The first-order chi connectivity index (χ1) is 9.08. The van der Waals surface area contributed by atoms with Crippen molar-refractivity contribution in [2.75, 3.05) is 11.9 Å². The van der Waals surface area contributed by atoms with E-state index in [4.69, 9.17) is 21.4 Å². The number of hydrogen-bond acceptors (Lipinski definition) is 4. The van der Waals surface area contributed by atoms with Gasteiger partial charge in [-0.1, -0.05) is 0 Å². The van der Waals surface area contributed by atoms with Crippen LogP contribution in [0.5, 0.6) is 0 Å². The molecule has 0 atom stereocenters. The van der Waals surface area contributed by atoms with Crippen molar-refractivity contribution in [1.82, 2.24) is 5.32 Å². The van der Waals surface area contributed by atoms with Crippen LogP contribution < -0.4 is 10.6 Å². The zero-order chi connectivity index (χ0) is 13.8. The number of furan rings is 1. The molecule has 1 aromatic carbocycles. The number of thiocarbonyl (C=S) groups is 1. The first-order valence-corrected chi connectivity index (χ1v) is 6.24. The van der Waals surface area contributed by atoms with Crippen molar-refractivity contribution in [3.63, 3.8) is 0 Å². The molecule has 0 aliphatic carbocycles. The minimum Gasteiger partial charge on any atom is -0.461 e. The van der Waals surface area contributed by atoms with Crippen molar-refractivity contribution in [2.24, 2.45) is 0 Å². The molecule has 0 spiro atoms. The lowest BCUT2D eigenvalue weighted by atomic mass is 10.2. The van der Waals surface area contributed by atoms with Gasteiger partial charge < -0.3 is 14.5 Å². The van der Waals surface area contributed by atoms with E-state index < -0.39 is 6.09 Å². The van der Waals surface area contributed by atoms with E-state index >= 15 is 0 Å². The molecule has 0 aliphatic heterocycles. The first kappa shape index (κ1) is 13.4. The highest BCUT2D eigenvalue weighted by molar-refractivity contribution is 7.80. The van der Waals surface area contributed by atoms with Gasteiger partial charge >= 0.3 is 6.09 Å². The summed E-state index contributed by atoms with van der Waals surface area (Å²) in [5.41, 5.74) is 1.59. The molecule has 0 saturated carbocycles. The van der Waals surface area contributed by atoms with Gasteiger partial charge in [-0.25, -0.2) is 4.79 Å². The van der Waals surface area contributed by atoms with Gasteiger partial charge in [0, 0.05) is 11.1 Å². The topological polar surface area (TPSA) is 63.5 Å². The second-order valence-electron chi connectivity index (χ2n) is 3.91. The predicted octanol–water partition coefficient (Wildman–Crippen LogP) is 3.18. The molecule has 0 saturated heterocycles. The van der Waals surface area contributed by atoms with E-state index in [1.54, 1.807) is 6.92 Å². The largest absolute Gasteiger partial charge is 0.461 e. The fourth-order valence-electron chi connectivity index (χ4n) is 1.68. The summed E-state index contributed by atoms with van der Waals surface area (Å²) < 4.78 is 10.2. The molecule has 0 radical (unpaired) electrons. The number of nitrogens with one attached hydrogen (secondary N) is 2. The monoisotopic (exact) mass is 278 g/mol. The summed E-state index contributed by atoms with van der Waals surface area (Å²) in [6.07, 6.45) is -0.569. The Kier molecular flexibility index (Phi) is 4.01. The minimum atomic E-state index is -0.569. The van der Waals surface area contributed by atoms with E-state index in [2.05, 4.69) is 10.6 Å². The molecule has 1 heterocycles. The molecule has 2 N–H and O–H groups in total. The maximum absolute atomic E-state index is 11.2. The summed E-state index contributed by atoms with van der Waals surface area (Å²) in [5, 5.41) is 6.49. The Morgan fingerprint density at radius 1 is 1.42 bits per heavy atom. The van der Waals surface area contributed by atoms with Crippen LogP contribution >= 0.6 is 12.2 Å². The normalized spacial score (nSPS) is 10.2. The summed E-state index contributed by atoms with van der Waals surface area (Å²) in [7, 11) is 0. The zero-order valence-corrected chi connectivity index (χ0v) is 11.5. The van der Waals surface area contributed by atoms with Crippen LogP contribution in [-0.2, 0) is 4.74 Å². The SMILES string of the molecule is CCOC(=O)NC(=S)Nc1ccc2oc(C)cc2c1. The Morgan fingerprint density at radius 2 is 2.21 bits per heavy atom. The van der Waals surface area contributed by atoms with Crippen LogP contribution in [0.2, 0.25) is 0 Å². The Morgan fingerprint density at radius 3 is 2.95 bits per heavy atom. The number of benzene rings is 1. The van der Waals surface area contributed by atoms with Crippen LogP contribution in [0.25, 0.3) is 11.0 Å². The molecule has 6 heteroatoms. The molecule has 0 bridgehead atoms. The third kappa shape index (κ3) is 3.45. The standard InChI is InChI=1S/C13H14N2O3S/c1-3-17-13(16)15-12(19)14-10-4-5-11-9(7-10)6-8(2)18-11/h4-7H,3H2,1-2H3,(H2,14,15,16,19). The minimum absolute atomic E-state index is 0.193. The maximum Gasteiger partial charge on any atom is 0.413 e. The van der Waals surface area contributed by atoms with E-state index in [0.29, 0.717) is 6.61 Å². The average Bonchev–Trinajstić information content (AvgIpc) is 2.68. The summed E-state index contributed by atoms with van der Waals surface area (Å²) >= 11 is 5.01. The Labute approximate surface area is 115 Å². The second-order valence-corrected chi connectivity index (χ2v) is 4.32. The van der Waals surface area contributed by atoms with Crippen molar-refractivity contribution in [2.45, 2.75) is 13.8 Å². The molecule has 0 fully saturated rings. The number of amides is 1. The van der Waals surface area contributed by atoms with E-state index in [1.165, 1.54) is 0 Å². The third-order valence-corrected chi connectivity index (χ3v) is 2.59. The third-order valence-electron chi connectivity index (χ3n) is 2.39. The number of aryl methyl sites for hydroxylation is 1. The van der Waals surface area contributed by atoms with Crippen molar-refractivity contribution in [1.29, 1.82) is 0 Å².